The standard InChI is InChI=1S/C15H26N2O/c1-5-6-7-8-9-12(2)16-15(18)14-11-10-13(3)17(14)4/h10-12H,5-9H2,1-4H3,(H,16,18). The zero-order valence-corrected chi connectivity index (χ0v) is 12.1. The van der Waals surface area contributed by atoms with Gasteiger partial charge in [-0.15, -0.1) is 0 Å². The van der Waals surface area contributed by atoms with Gasteiger partial charge in [-0.25, -0.2) is 0 Å². The minimum absolute atomic E-state index is 0.0357. The Balaban J connectivity index is 2.38. The van der Waals surface area contributed by atoms with Gasteiger partial charge in [0.15, 0.2) is 0 Å². The summed E-state index contributed by atoms with van der Waals surface area (Å²) in [4.78, 5) is 12.0. The van der Waals surface area contributed by atoms with Crippen molar-refractivity contribution in [3.63, 3.8) is 0 Å². The molecular weight excluding hydrogens is 224 g/mol. The number of aromatic nitrogens is 1. The van der Waals surface area contributed by atoms with Crippen molar-refractivity contribution in [1.82, 2.24) is 9.88 Å². The Bertz CT molecular complexity index is 382. The highest BCUT2D eigenvalue weighted by atomic mass is 16.2. The van der Waals surface area contributed by atoms with Crippen molar-refractivity contribution in [2.45, 2.75) is 58.9 Å². The van der Waals surface area contributed by atoms with Crippen LogP contribution in [0.15, 0.2) is 12.1 Å². The molecule has 1 heterocycles. The Morgan fingerprint density at radius 1 is 1.33 bits per heavy atom. The second-order valence-electron chi connectivity index (χ2n) is 5.14. The van der Waals surface area contributed by atoms with Crippen LogP contribution < -0.4 is 5.32 Å². The molecule has 1 atom stereocenters. The Hall–Kier alpha value is -1.25. The maximum Gasteiger partial charge on any atom is 0.268 e. The molecular formula is C15H26N2O. The van der Waals surface area contributed by atoms with Gasteiger partial charge < -0.3 is 9.88 Å². The minimum Gasteiger partial charge on any atom is -0.348 e. The third-order valence-corrected chi connectivity index (χ3v) is 3.47. The fourth-order valence-corrected chi connectivity index (χ4v) is 2.09. The summed E-state index contributed by atoms with van der Waals surface area (Å²) in [5.41, 5.74) is 1.85. The molecule has 1 N–H and O–H groups in total. The van der Waals surface area contributed by atoms with Gasteiger partial charge in [0.2, 0.25) is 0 Å². The maximum atomic E-state index is 12.0. The molecule has 1 unspecified atom stereocenters. The molecule has 0 aliphatic rings. The van der Waals surface area contributed by atoms with Crippen LogP contribution in [0.2, 0.25) is 0 Å². The van der Waals surface area contributed by atoms with Gasteiger partial charge >= 0.3 is 0 Å². The number of amides is 1. The molecule has 0 aliphatic carbocycles. The molecule has 0 radical (unpaired) electrons. The Kier molecular flexibility index (Phi) is 5.96. The van der Waals surface area contributed by atoms with E-state index in [0.29, 0.717) is 0 Å². The summed E-state index contributed by atoms with van der Waals surface area (Å²) in [6.45, 7) is 6.30. The number of hydrogen-bond donors (Lipinski definition) is 1. The second-order valence-corrected chi connectivity index (χ2v) is 5.14. The van der Waals surface area contributed by atoms with Crippen molar-refractivity contribution in [2.24, 2.45) is 7.05 Å². The van der Waals surface area contributed by atoms with Crippen LogP contribution in [0.3, 0.4) is 0 Å². The van der Waals surface area contributed by atoms with Crippen LogP contribution in [0.25, 0.3) is 0 Å². The smallest absolute Gasteiger partial charge is 0.268 e. The van der Waals surface area contributed by atoms with Gasteiger partial charge in [-0.2, -0.15) is 0 Å². The molecule has 0 spiro atoms. The van der Waals surface area contributed by atoms with Gasteiger partial charge in [-0.3, -0.25) is 4.79 Å². The van der Waals surface area contributed by atoms with E-state index in [1.807, 2.05) is 30.7 Å². The van der Waals surface area contributed by atoms with E-state index in [0.717, 1.165) is 17.8 Å². The molecule has 3 heteroatoms. The monoisotopic (exact) mass is 250 g/mol. The zero-order chi connectivity index (χ0) is 13.5. The van der Waals surface area contributed by atoms with Crippen LogP contribution in [0, 0.1) is 6.92 Å². The predicted octanol–water partition coefficient (Wildman–Crippen LogP) is 3.42. The van der Waals surface area contributed by atoms with Crippen LogP contribution in [0.4, 0.5) is 0 Å². The third-order valence-electron chi connectivity index (χ3n) is 3.47. The molecule has 0 saturated heterocycles. The van der Waals surface area contributed by atoms with Gasteiger partial charge in [-0.05, 0) is 32.4 Å². The number of rotatable bonds is 7. The van der Waals surface area contributed by atoms with E-state index in [-0.39, 0.29) is 11.9 Å². The predicted molar refractivity (Wildman–Crippen MR) is 75.8 cm³/mol. The summed E-state index contributed by atoms with van der Waals surface area (Å²) in [6.07, 6.45) is 6.07. The van der Waals surface area contributed by atoms with Crippen LogP contribution in [-0.2, 0) is 7.05 Å². The number of hydrogen-bond acceptors (Lipinski definition) is 1. The quantitative estimate of drug-likeness (QED) is 0.739. The molecule has 1 aromatic rings. The number of nitrogens with zero attached hydrogens (tertiary/aromatic N) is 1. The van der Waals surface area contributed by atoms with E-state index >= 15 is 0 Å². The van der Waals surface area contributed by atoms with Crippen LogP contribution in [-0.4, -0.2) is 16.5 Å². The fourth-order valence-electron chi connectivity index (χ4n) is 2.09. The van der Waals surface area contributed by atoms with E-state index in [1.54, 1.807) is 0 Å². The average molecular weight is 250 g/mol. The first-order chi connectivity index (χ1) is 8.56. The zero-order valence-electron chi connectivity index (χ0n) is 12.1. The Morgan fingerprint density at radius 3 is 2.61 bits per heavy atom. The van der Waals surface area contributed by atoms with Gasteiger partial charge in [0.1, 0.15) is 5.69 Å². The summed E-state index contributed by atoms with van der Waals surface area (Å²) in [6, 6.07) is 4.11. The molecule has 3 nitrogen and oxygen atoms in total. The molecule has 0 bridgehead atoms. The lowest BCUT2D eigenvalue weighted by molar-refractivity contribution is 0.0929. The molecule has 1 aromatic heterocycles. The largest absolute Gasteiger partial charge is 0.348 e. The van der Waals surface area contributed by atoms with E-state index in [1.165, 1.54) is 25.7 Å². The summed E-state index contributed by atoms with van der Waals surface area (Å²) >= 11 is 0. The first-order valence-electron chi connectivity index (χ1n) is 6.99. The lowest BCUT2D eigenvalue weighted by Crippen LogP contribution is -2.33. The van der Waals surface area contributed by atoms with E-state index in [9.17, 15) is 4.79 Å². The fraction of sp³-hybridized carbons (Fsp3) is 0.667. The highest BCUT2D eigenvalue weighted by molar-refractivity contribution is 5.93. The molecule has 18 heavy (non-hydrogen) atoms. The Labute approximate surface area is 111 Å². The molecule has 0 saturated carbocycles. The van der Waals surface area contributed by atoms with E-state index in [2.05, 4.69) is 19.2 Å². The molecule has 0 aromatic carbocycles. The van der Waals surface area contributed by atoms with Gasteiger partial charge in [0.25, 0.3) is 5.91 Å². The molecule has 1 rings (SSSR count). The topological polar surface area (TPSA) is 34.0 Å². The van der Waals surface area contributed by atoms with Gasteiger partial charge in [-0.1, -0.05) is 32.6 Å². The van der Waals surface area contributed by atoms with Crippen molar-refractivity contribution in [2.75, 3.05) is 0 Å². The van der Waals surface area contributed by atoms with E-state index in [4.69, 9.17) is 0 Å². The molecule has 1 amide bonds. The Morgan fingerprint density at radius 2 is 2.06 bits per heavy atom. The highest BCUT2D eigenvalue weighted by Crippen LogP contribution is 2.08. The lowest BCUT2D eigenvalue weighted by atomic mass is 10.1. The maximum absolute atomic E-state index is 12.0. The molecule has 0 fully saturated rings. The third kappa shape index (κ3) is 4.21. The number of nitrogens with one attached hydrogen (secondary N) is 1. The van der Waals surface area contributed by atoms with Crippen molar-refractivity contribution < 1.29 is 4.79 Å². The first-order valence-corrected chi connectivity index (χ1v) is 6.99. The number of carbonyl (C=O) groups is 1. The number of carbonyl (C=O) groups excluding carboxylic acids is 1. The van der Waals surface area contributed by atoms with Crippen molar-refractivity contribution in [3.8, 4) is 0 Å². The van der Waals surface area contributed by atoms with E-state index < -0.39 is 0 Å². The minimum atomic E-state index is 0.0357. The number of unbranched alkanes of at least 4 members (excludes halogenated alkanes) is 3. The SMILES string of the molecule is CCCCCCC(C)NC(=O)c1ccc(C)n1C. The summed E-state index contributed by atoms with van der Waals surface area (Å²) in [5.74, 6) is 0.0357. The highest BCUT2D eigenvalue weighted by Gasteiger charge is 2.13. The summed E-state index contributed by atoms with van der Waals surface area (Å²) < 4.78 is 1.93. The summed E-state index contributed by atoms with van der Waals surface area (Å²) in [7, 11) is 1.93. The van der Waals surface area contributed by atoms with Crippen molar-refractivity contribution >= 4 is 5.91 Å². The van der Waals surface area contributed by atoms with Crippen LogP contribution >= 0.6 is 0 Å². The van der Waals surface area contributed by atoms with Gasteiger partial charge in [0, 0.05) is 18.8 Å². The van der Waals surface area contributed by atoms with Crippen LogP contribution in [0.5, 0.6) is 0 Å². The average Bonchev–Trinajstić information content (AvgIpc) is 2.66. The van der Waals surface area contributed by atoms with Crippen molar-refractivity contribution in [1.29, 1.82) is 0 Å². The summed E-state index contributed by atoms with van der Waals surface area (Å²) in [5, 5.41) is 3.07. The van der Waals surface area contributed by atoms with Gasteiger partial charge in [0.05, 0.1) is 0 Å². The second kappa shape index (κ2) is 7.24. The normalized spacial score (nSPS) is 12.4. The van der Waals surface area contributed by atoms with Crippen molar-refractivity contribution in [3.05, 3.63) is 23.5 Å². The van der Waals surface area contributed by atoms with Crippen LogP contribution in [0.1, 0.15) is 62.1 Å². The molecule has 0 aliphatic heterocycles. The number of aryl methyl sites for hydroxylation is 1. The molecule has 102 valence electrons. The first kappa shape index (κ1) is 14.8. The lowest BCUT2D eigenvalue weighted by Gasteiger charge is -2.14.